The van der Waals surface area contributed by atoms with Gasteiger partial charge in [0.25, 0.3) is 0 Å². The molecule has 0 amide bonds. The molecule has 0 bridgehead atoms. The highest BCUT2D eigenvalue weighted by Crippen LogP contribution is 2.27. The predicted molar refractivity (Wildman–Crippen MR) is 61.5 cm³/mol. The van der Waals surface area contributed by atoms with E-state index in [-0.39, 0.29) is 0 Å². The predicted octanol–water partition coefficient (Wildman–Crippen LogP) is 4.14. The van der Waals surface area contributed by atoms with Gasteiger partial charge in [-0.2, -0.15) is 0 Å². The van der Waals surface area contributed by atoms with Gasteiger partial charge in [0.1, 0.15) is 0 Å². The van der Waals surface area contributed by atoms with Crippen LogP contribution in [-0.4, -0.2) is 6.26 Å². The maximum Gasteiger partial charge on any atom is 0.0343 e. The van der Waals surface area contributed by atoms with Gasteiger partial charge >= 0.3 is 0 Å². The number of rotatable bonds is 2. The summed E-state index contributed by atoms with van der Waals surface area (Å²) >= 11 is 3.57. The van der Waals surface area contributed by atoms with Crippen molar-refractivity contribution in [3.05, 3.63) is 41.8 Å². The molecule has 2 aromatic rings. The van der Waals surface area contributed by atoms with E-state index in [0.717, 1.165) is 0 Å². The smallest absolute Gasteiger partial charge is 0.0343 e. The second-order valence-electron chi connectivity index (χ2n) is 2.71. The van der Waals surface area contributed by atoms with Crippen LogP contribution in [0.4, 0.5) is 0 Å². The zero-order valence-electron chi connectivity index (χ0n) is 7.36. The quantitative estimate of drug-likeness (QED) is 0.665. The Morgan fingerprint density at radius 2 is 2.08 bits per heavy atom. The average Bonchev–Trinajstić information content (AvgIpc) is 2.71. The van der Waals surface area contributed by atoms with Crippen LogP contribution in [0.5, 0.6) is 0 Å². The first-order valence-corrected chi connectivity index (χ1v) is 6.18. The van der Waals surface area contributed by atoms with Crippen LogP contribution in [0.2, 0.25) is 0 Å². The van der Waals surface area contributed by atoms with Gasteiger partial charge in [0.2, 0.25) is 0 Å². The third kappa shape index (κ3) is 1.95. The molecule has 0 aliphatic carbocycles. The molecule has 1 aromatic heterocycles. The summed E-state index contributed by atoms with van der Waals surface area (Å²) in [4.78, 5) is 2.67. The zero-order chi connectivity index (χ0) is 9.10. The van der Waals surface area contributed by atoms with E-state index in [2.05, 4.69) is 48.0 Å². The van der Waals surface area contributed by atoms with Gasteiger partial charge in [0.15, 0.2) is 0 Å². The molecule has 0 nitrogen and oxygen atoms in total. The first-order valence-electron chi connectivity index (χ1n) is 4.08. The minimum Gasteiger partial charge on any atom is -0.144 e. The lowest BCUT2D eigenvalue weighted by Crippen LogP contribution is -1.73. The summed E-state index contributed by atoms with van der Waals surface area (Å²) in [5.74, 6) is 0. The molecule has 1 heterocycles. The molecule has 0 radical (unpaired) electrons. The molecule has 66 valence electrons. The molecular weight excluding hydrogens is 196 g/mol. The highest BCUT2D eigenvalue weighted by Gasteiger charge is 1.98. The molecule has 0 N–H and O–H groups in total. The lowest BCUT2D eigenvalue weighted by molar-refractivity contribution is 1.47. The van der Waals surface area contributed by atoms with Crippen molar-refractivity contribution >= 4 is 23.1 Å². The van der Waals surface area contributed by atoms with E-state index in [1.165, 1.54) is 15.3 Å². The van der Waals surface area contributed by atoms with Crippen molar-refractivity contribution in [3.63, 3.8) is 0 Å². The van der Waals surface area contributed by atoms with E-state index in [1.807, 2.05) is 0 Å². The van der Waals surface area contributed by atoms with Crippen molar-refractivity contribution in [1.82, 2.24) is 0 Å². The highest BCUT2D eigenvalue weighted by atomic mass is 32.2. The van der Waals surface area contributed by atoms with Crippen molar-refractivity contribution < 1.29 is 0 Å². The van der Waals surface area contributed by atoms with Gasteiger partial charge in [-0.3, -0.25) is 0 Å². The van der Waals surface area contributed by atoms with Gasteiger partial charge in [0, 0.05) is 9.77 Å². The minimum absolute atomic E-state index is 1.32. The fraction of sp³-hybridized carbons (Fsp3) is 0.0909. The highest BCUT2D eigenvalue weighted by molar-refractivity contribution is 7.98. The third-order valence-corrected chi connectivity index (χ3v) is 3.52. The Labute approximate surface area is 86.6 Å². The maximum absolute atomic E-state index is 2.23. The number of hydrogen-bond acceptors (Lipinski definition) is 2. The van der Waals surface area contributed by atoms with Crippen molar-refractivity contribution in [2.45, 2.75) is 4.90 Å². The van der Waals surface area contributed by atoms with Crippen LogP contribution >= 0.6 is 23.1 Å². The van der Waals surface area contributed by atoms with E-state index < -0.39 is 0 Å². The SMILES string of the molecule is CSc1cccc(-c2cccs2)c1. The fourth-order valence-electron chi connectivity index (χ4n) is 1.22. The van der Waals surface area contributed by atoms with Crippen molar-refractivity contribution in [3.8, 4) is 10.4 Å². The minimum atomic E-state index is 1.32. The first kappa shape index (κ1) is 8.85. The summed E-state index contributed by atoms with van der Waals surface area (Å²) in [6.45, 7) is 0. The average molecular weight is 206 g/mol. The van der Waals surface area contributed by atoms with Gasteiger partial charge in [-0.25, -0.2) is 0 Å². The standard InChI is InChI=1S/C11H10S2/c1-12-10-5-2-4-9(8-10)11-6-3-7-13-11/h2-8H,1H3. The fourth-order valence-corrected chi connectivity index (χ4v) is 2.40. The molecule has 0 saturated carbocycles. The first-order chi connectivity index (χ1) is 6.40. The Hall–Kier alpha value is -0.730. The summed E-state index contributed by atoms with van der Waals surface area (Å²) in [5.41, 5.74) is 1.32. The normalized spacial score (nSPS) is 10.2. The zero-order valence-corrected chi connectivity index (χ0v) is 8.99. The summed E-state index contributed by atoms with van der Waals surface area (Å²) in [6.07, 6.45) is 2.10. The molecule has 2 rings (SSSR count). The Bertz CT molecular complexity index is 377. The van der Waals surface area contributed by atoms with E-state index >= 15 is 0 Å². The van der Waals surface area contributed by atoms with Crippen LogP contribution in [0.15, 0.2) is 46.7 Å². The van der Waals surface area contributed by atoms with Crippen molar-refractivity contribution in [2.75, 3.05) is 6.26 Å². The second-order valence-corrected chi connectivity index (χ2v) is 4.54. The lowest BCUT2D eigenvalue weighted by atomic mass is 10.2. The van der Waals surface area contributed by atoms with Gasteiger partial charge < -0.3 is 0 Å². The molecule has 0 unspecified atom stereocenters. The van der Waals surface area contributed by atoms with E-state index in [0.29, 0.717) is 0 Å². The van der Waals surface area contributed by atoms with Crippen molar-refractivity contribution in [1.29, 1.82) is 0 Å². The molecule has 0 atom stereocenters. The van der Waals surface area contributed by atoms with Crippen LogP contribution in [-0.2, 0) is 0 Å². The van der Waals surface area contributed by atoms with E-state index in [9.17, 15) is 0 Å². The maximum atomic E-state index is 2.23. The van der Waals surface area contributed by atoms with Crippen molar-refractivity contribution in [2.24, 2.45) is 0 Å². The number of hydrogen-bond donors (Lipinski definition) is 0. The van der Waals surface area contributed by atoms with Crippen LogP contribution in [0.3, 0.4) is 0 Å². The summed E-state index contributed by atoms with van der Waals surface area (Å²) in [6, 6.07) is 12.9. The number of thioether (sulfide) groups is 1. The molecule has 13 heavy (non-hydrogen) atoms. The molecule has 0 aliphatic heterocycles. The van der Waals surface area contributed by atoms with E-state index in [1.54, 1.807) is 23.1 Å². The molecule has 0 spiro atoms. The Morgan fingerprint density at radius 3 is 2.77 bits per heavy atom. The largest absolute Gasteiger partial charge is 0.144 e. The number of benzene rings is 1. The van der Waals surface area contributed by atoms with Gasteiger partial charge in [-0.1, -0.05) is 18.2 Å². The van der Waals surface area contributed by atoms with Crippen LogP contribution in [0, 0.1) is 0 Å². The molecule has 0 aliphatic rings. The molecular formula is C11H10S2. The summed E-state index contributed by atoms with van der Waals surface area (Å²) < 4.78 is 0. The van der Waals surface area contributed by atoms with Gasteiger partial charge in [-0.05, 0) is 35.4 Å². The van der Waals surface area contributed by atoms with Crippen LogP contribution < -0.4 is 0 Å². The van der Waals surface area contributed by atoms with Gasteiger partial charge in [-0.15, -0.1) is 23.1 Å². The topological polar surface area (TPSA) is 0 Å². The third-order valence-electron chi connectivity index (χ3n) is 1.88. The molecule has 2 heteroatoms. The molecule has 1 aromatic carbocycles. The lowest BCUT2D eigenvalue weighted by Gasteiger charge is -1.99. The van der Waals surface area contributed by atoms with Crippen LogP contribution in [0.1, 0.15) is 0 Å². The Morgan fingerprint density at radius 1 is 1.15 bits per heavy atom. The Kier molecular flexibility index (Phi) is 2.71. The summed E-state index contributed by atoms with van der Waals surface area (Å²) in [5, 5.41) is 2.11. The number of thiophene rings is 1. The van der Waals surface area contributed by atoms with E-state index in [4.69, 9.17) is 0 Å². The van der Waals surface area contributed by atoms with Gasteiger partial charge in [0.05, 0.1) is 0 Å². The molecule has 0 saturated heterocycles. The van der Waals surface area contributed by atoms with Crippen LogP contribution in [0.25, 0.3) is 10.4 Å². The molecule has 0 fully saturated rings. The Balaban J connectivity index is 2.41. The monoisotopic (exact) mass is 206 g/mol. The second kappa shape index (κ2) is 3.99. The summed E-state index contributed by atoms with van der Waals surface area (Å²) in [7, 11) is 0.